The number of rotatable bonds is 9. The molecule has 2 aromatic carbocycles. The summed E-state index contributed by atoms with van der Waals surface area (Å²) in [4.78, 5) is 12.4. The lowest BCUT2D eigenvalue weighted by Gasteiger charge is -2.33. The van der Waals surface area contributed by atoms with E-state index in [1.54, 1.807) is 14.2 Å². The minimum atomic E-state index is -0.694. The van der Waals surface area contributed by atoms with E-state index in [0.29, 0.717) is 24.1 Å². The van der Waals surface area contributed by atoms with Gasteiger partial charge in [0, 0.05) is 12.0 Å². The number of carbonyl (C=O) groups excluding carboxylic acids is 1. The zero-order valence-corrected chi connectivity index (χ0v) is 24.4. The van der Waals surface area contributed by atoms with Crippen molar-refractivity contribution in [3.63, 3.8) is 0 Å². The summed E-state index contributed by atoms with van der Waals surface area (Å²) in [6, 6.07) is 9.32. The molecule has 2 aromatic rings. The number of amides is 1. The van der Waals surface area contributed by atoms with Crippen molar-refractivity contribution < 1.29 is 19.0 Å². The molecule has 1 amide bonds. The number of hydrogen-bond acceptors (Lipinski definition) is 4. The number of ether oxygens (including phenoxy) is 3. The minimum Gasteiger partial charge on any atom is -0.496 e. The Hall–Kier alpha value is -2.26. The van der Waals surface area contributed by atoms with Gasteiger partial charge < -0.3 is 19.5 Å². The van der Waals surface area contributed by atoms with Gasteiger partial charge in [-0.2, -0.15) is 0 Å². The highest BCUT2D eigenvalue weighted by Crippen LogP contribution is 2.53. The number of carbonyl (C=O) groups is 1. The molecule has 0 bridgehead atoms. The van der Waals surface area contributed by atoms with E-state index in [0.717, 1.165) is 46.6 Å². The molecule has 0 aromatic heterocycles. The lowest BCUT2D eigenvalue weighted by Crippen LogP contribution is -2.35. The van der Waals surface area contributed by atoms with Gasteiger partial charge in [-0.1, -0.05) is 13.3 Å². The van der Waals surface area contributed by atoms with E-state index in [1.165, 1.54) is 17.0 Å². The van der Waals surface area contributed by atoms with Crippen molar-refractivity contribution in [2.24, 2.45) is 11.8 Å². The average molecular weight is 514 g/mol. The van der Waals surface area contributed by atoms with Crippen LogP contribution in [0.4, 0.5) is 4.79 Å². The molecule has 1 saturated carbocycles. The van der Waals surface area contributed by atoms with Crippen LogP contribution in [-0.4, -0.2) is 38.6 Å². The zero-order chi connectivity index (χ0) is 26.6. The van der Waals surface area contributed by atoms with Crippen LogP contribution in [0.3, 0.4) is 0 Å². The van der Waals surface area contributed by atoms with Crippen molar-refractivity contribution in [2.45, 2.75) is 79.4 Å². The monoisotopic (exact) mass is 513 g/mol. The highest BCUT2D eigenvalue weighted by Gasteiger charge is 2.41. The molecule has 1 aliphatic rings. The molecule has 5 nitrogen and oxygen atoms in total. The molecule has 1 aliphatic carbocycles. The fourth-order valence-electron chi connectivity index (χ4n) is 5.96. The summed E-state index contributed by atoms with van der Waals surface area (Å²) in [6.07, 6.45) is 3.09. The third kappa shape index (κ3) is 6.17. The third-order valence-electron chi connectivity index (χ3n) is 7.46. The molecule has 0 radical (unpaired) electrons. The van der Waals surface area contributed by atoms with E-state index in [-0.39, 0.29) is 12.1 Å². The molecular formula is C30H44NO4P. The molecule has 0 spiro atoms. The van der Waals surface area contributed by atoms with Crippen molar-refractivity contribution in [1.82, 2.24) is 5.32 Å². The van der Waals surface area contributed by atoms with Gasteiger partial charge in [-0.05, 0) is 131 Å². The lowest BCUT2D eigenvalue weighted by molar-refractivity contribution is 0.115. The van der Waals surface area contributed by atoms with Gasteiger partial charge in [-0.15, -0.1) is 0 Å². The minimum absolute atomic E-state index is 0.0615. The second-order valence-electron chi connectivity index (χ2n) is 10.5. The number of alkyl carbamates (subject to hydrolysis) is 1. The Balaban J connectivity index is 2.09. The molecule has 198 valence electrons. The van der Waals surface area contributed by atoms with Crippen LogP contribution in [0.25, 0.3) is 0 Å². The number of nitrogens with one attached hydrogen (secondary N) is 1. The maximum absolute atomic E-state index is 12.4. The first-order chi connectivity index (χ1) is 17.1. The summed E-state index contributed by atoms with van der Waals surface area (Å²) in [5.74, 6) is 2.79. The van der Waals surface area contributed by atoms with Gasteiger partial charge in [-0.25, -0.2) is 4.79 Å². The fraction of sp³-hybridized carbons (Fsp3) is 0.567. The number of hydrogen-bond donors (Lipinski definition) is 1. The standard InChI is InChI=1S/C30H44NO4P/c1-10-23-11-12-27(26(23)17-35-30(32)31-18(2)3)36(24-13-19(4)28(33-8)20(5)14-24)25-15-21(6)29(34-9)22(7)16-25/h13-16,18,23,26-27H,10-12,17H2,1-9H3,(H,31,32). The van der Waals surface area contributed by atoms with Crippen LogP contribution >= 0.6 is 7.92 Å². The predicted molar refractivity (Wildman–Crippen MR) is 151 cm³/mol. The van der Waals surface area contributed by atoms with Crippen molar-refractivity contribution >= 4 is 24.6 Å². The van der Waals surface area contributed by atoms with Crippen LogP contribution in [0, 0.1) is 39.5 Å². The smallest absolute Gasteiger partial charge is 0.407 e. The Bertz CT molecular complexity index is 961. The van der Waals surface area contributed by atoms with E-state index in [4.69, 9.17) is 14.2 Å². The van der Waals surface area contributed by atoms with Gasteiger partial charge in [0.05, 0.1) is 20.8 Å². The van der Waals surface area contributed by atoms with E-state index in [1.807, 2.05) is 13.8 Å². The second-order valence-corrected chi connectivity index (χ2v) is 12.9. The maximum atomic E-state index is 12.4. The Kier molecular flexibility index (Phi) is 9.69. The fourth-order valence-corrected chi connectivity index (χ4v) is 9.47. The van der Waals surface area contributed by atoms with Crippen molar-refractivity contribution in [3.05, 3.63) is 46.5 Å². The molecular weight excluding hydrogens is 469 g/mol. The van der Waals surface area contributed by atoms with Crippen LogP contribution in [-0.2, 0) is 4.74 Å². The molecule has 6 heteroatoms. The van der Waals surface area contributed by atoms with Crippen LogP contribution < -0.4 is 25.4 Å². The highest BCUT2D eigenvalue weighted by molar-refractivity contribution is 7.73. The molecule has 0 saturated heterocycles. The van der Waals surface area contributed by atoms with E-state index < -0.39 is 7.92 Å². The Morgan fingerprint density at radius 1 is 0.917 bits per heavy atom. The highest BCUT2D eigenvalue weighted by atomic mass is 31.1. The molecule has 3 atom stereocenters. The lowest BCUT2D eigenvalue weighted by atomic mass is 9.94. The summed E-state index contributed by atoms with van der Waals surface area (Å²) in [6.45, 7) is 15.2. The first-order valence-corrected chi connectivity index (χ1v) is 14.5. The van der Waals surface area contributed by atoms with Crippen LogP contribution in [0.15, 0.2) is 24.3 Å². The molecule has 3 rings (SSSR count). The first kappa shape index (κ1) is 28.3. The van der Waals surface area contributed by atoms with Crippen LogP contribution in [0.5, 0.6) is 11.5 Å². The number of aryl methyl sites for hydroxylation is 4. The van der Waals surface area contributed by atoms with E-state index in [2.05, 4.69) is 64.2 Å². The van der Waals surface area contributed by atoms with Crippen LogP contribution in [0.1, 0.15) is 62.3 Å². The van der Waals surface area contributed by atoms with Crippen molar-refractivity contribution in [3.8, 4) is 11.5 Å². The van der Waals surface area contributed by atoms with E-state index in [9.17, 15) is 4.79 Å². The van der Waals surface area contributed by atoms with E-state index >= 15 is 0 Å². The quantitative estimate of drug-likeness (QED) is 0.399. The number of benzene rings is 2. The van der Waals surface area contributed by atoms with Gasteiger partial charge >= 0.3 is 6.09 Å². The molecule has 1 N–H and O–H groups in total. The Labute approximate surface area is 219 Å². The summed E-state index contributed by atoms with van der Waals surface area (Å²) in [5.41, 5.74) is 5.08. The van der Waals surface area contributed by atoms with Gasteiger partial charge in [0.2, 0.25) is 0 Å². The molecule has 3 unspecified atom stereocenters. The topological polar surface area (TPSA) is 56.8 Å². The average Bonchev–Trinajstić information content (AvgIpc) is 3.19. The predicted octanol–water partition coefficient (Wildman–Crippen LogP) is 6.31. The second kappa shape index (κ2) is 12.3. The van der Waals surface area contributed by atoms with Gasteiger partial charge in [0.25, 0.3) is 0 Å². The Morgan fingerprint density at radius 3 is 1.78 bits per heavy atom. The zero-order valence-electron chi connectivity index (χ0n) is 23.5. The third-order valence-corrected chi connectivity index (χ3v) is 10.4. The molecule has 0 heterocycles. The number of methoxy groups -OCH3 is 2. The van der Waals surface area contributed by atoms with Gasteiger partial charge in [0.1, 0.15) is 11.5 Å². The van der Waals surface area contributed by atoms with Crippen molar-refractivity contribution in [2.75, 3.05) is 20.8 Å². The SMILES string of the molecule is CCC1CCC(P(c2cc(C)c(OC)c(C)c2)c2cc(C)c(OC)c(C)c2)C1COC(=O)NC(C)C. The van der Waals surface area contributed by atoms with Crippen molar-refractivity contribution in [1.29, 1.82) is 0 Å². The summed E-state index contributed by atoms with van der Waals surface area (Å²) < 4.78 is 17.2. The summed E-state index contributed by atoms with van der Waals surface area (Å²) in [5, 5.41) is 5.61. The van der Waals surface area contributed by atoms with Crippen LogP contribution in [0.2, 0.25) is 0 Å². The Morgan fingerprint density at radius 2 is 1.39 bits per heavy atom. The van der Waals surface area contributed by atoms with Gasteiger partial charge in [-0.3, -0.25) is 0 Å². The van der Waals surface area contributed by atoms with Gasteiger partial charge in [0.15, 0.2) is 0 Å². The summed E-state index contributed by atoms with van der Waals surface area (Å²) in [7, 11) is 2.79. The largest absolute Gasteiger partial charge is 0.496 e. The molecule has 36 heavy (non-hydrogen) atoms. The first-order valence-electron chi connectivity index (χ1n) is 13.1. The maximum Gasteiger partial charge on any atom is 0.407 e. The summed E-state index contributed by atoms with van der Waals surface area (Å²) >= 11 is 0. The molecule has 1 fully saturated rings. The normalized spacial score (nSPS) is 19.6. The molecule has 0 aliphatic heterocycles.